The highest BCUT2D eigenvalue weighted by Gasteiger charge is 2.10. The normalized spacial score (nSPS) is 12.1. The van der Waals surface area contributed by atoms with Gasteiger partial charge in [0.25, 0.3) is 0 Å². The van der Waals surface area contributed by atoms with Gasteiger partial charge in [0.15, 0.2) is 5.82 Å². The smallest absolute Gasteiger partial charge is 0.410 e. The third-order valence-electron chi connectivity index (χ3n) is 1.55. The van der Waals surface area contributed by atoms with Gasteiger partial charge in [0, 0.05) is 7.11 Å². The molecule has 1 atom stereocenters. The molecule has 1 rings (SSSR count). The van der Waals surface area contributed by atoms with E-state index in [2.05, 4.69) is 15.5 Å². The van der Waals surface area contributed by atoms with Crippen LogP contribution in [0, 0.1) is 0 Å². The van der Waals surface area contributed by atoms with Crippen LogP contribution in [0.2, 0.25) is 0 Å². The number of anilines is 1. The minimum absolute atomic E-state index is 0.160. The molecule has 0 fully saturated rings. The third kappa shape index (κ3) is 3.69. The van der Waals surface area contributed by atoms with Crippen LogP contribution in [0.15, 0.2) is 12.1 Å². The fraction of sp³-hybridized carbons (Fsp3) is 0.375. The fourth-order valence-electron chi connectivity index (χ4n) is 0.918. The number of ether oxygens (including phenoxy) is 1. The Hall–Kier alpha value is -1.40. The van der Waals surface area contributed by atoms with Crippen LogP contribution in [0.1, 0.15) is 11.1 Å². The molecule has 6 nitrogen and oxygen atoms in total. The van der Waals surface area contributed by atoms with Crippen LogP contribution >= 0.6 is 11.6 Å². The average Bonchev–Trinajstić information content (AvgIpc) is 2.18. The molecule has 0 aliphatic heterocycles. The molecule has 82 valence electrons. The first-order valence-electron chi connectivity index (χ1n) is 4.10. The van der Waals surface area contributed by atoms with E-state index in [9.17, 15) is 4.79 Å². The Labute approximate surface area is 91.2 Å². The van der Waals surface area contributed by atoms with Gasteiger partial charge in [0.2, 0.25) is 0 Å². The number of methoxy groups -OCH3 is 1. The topological polar surface area (TPSA) is 84.3 Å². The summed E-state index contributed by atoms with van der Waals surface area (Å²) in [6.45, 7) is 0.321. The van der Waals surface area contributed by atoms with E-state index in [4.69, 9.17) is 21.4 Å². The number of nitrogens with one attached hydrogen (secondary N) is 1. The Kier molecular flexibility index (Phi) is 4.26. The molecule has 15 heavy (non-hydrogen) atoms. The number of halogens is 1. The lowest BCUT2D eigenvalue weighted by atomic mass is 10.3. The first-order chi connectivity index (χ1) is 7.13. The van der Waals surface area contributed by atoms with Gasteiger partial charge >= 0.3 is 6.09 Å². The van der Waals surface area contributed by atoms with E-state index in [0.29, 0.717) is 12.3 Å². The van der Waals surface area contributed by atoms with Crippen molar-refractivity contribution in [2.75, 3.05) is 19.0 Å². The Bertz CT molecular complexity index is 330. The van der Waals surface area contributed by atoms with E-state index in [1.165, 1.54) is 13.2 Å². The zero-order valence-electron chi connectivity index (χ0n) is 7.98. The number of hydrogen-bond donors (Lipinski definition) is 2. The number of alkyl halides is 1. The maximum atomic E-state index is 10.3. The monoisotopic (exact) mass is 231 g/mol. The summed E-state index contributed by atoms with van der Waals surface area (Å²) in [7, 11) is 1.53. The molecule has 0 aromatic carbocycles. The van der Waals surface area contributed by atoms with Crippen molar-refractivity contribution >= 4 is 23.5 Å². The Balaban J connectivity index is 2.67. The van der Waals surface area contributed by atoms with Crippen molar-refractivity contribution in [3.05, 3.63) is 17.8 Å². The minimum Gasteiger partial charge on any atom is -0.465 e. The molecule has 0 aliphatic carbocycles. The number of hydrogen-bond acceptors (Lipinski definition) is 4. The second-order valence-corrected chi connectivity index (χ2v) is 3.22. The lowest BCUT2D eigenvalue weighted by Crippen LogP contribution is -2.10. The Morgan fingerprint density at radius 2 is 2.40 bits per heavy atom. The second kappa shape index (κ2) is 5.47. The molecule has 1 aromatic heterocycles. The molecule has 1 heterocycles. The number of aromatic nitrogens is 2. The number of amides is 1. The summed E-state index contributed by atoms with van der Waals surface area (Å²) in [6, 6.07) is 3.08. The van der Waals surface area contributed by atoms with Crippen LogP contribution < -0.4 is 5.32 Å². The van der Waals surface area contributed by atoms with Crippen LogP contribution in [-0.2, 0) is 4.74 Å². The SMILES string of the molecule is COCC(Cl)c1ccc(NC(=O)O)nn1. The lowest BCUT2D eigenvalue weighted by Gasteiger charge is -2.06. The molecule has 1 unspecified atom stereocenters. The summed E-state index contributed by atoms with van der Waals surface area (Å²) in [4.78, 5) is 10.3. The first kappa shape index (κ1) is 11.7. The fourth-order valence-corrected chi connectivity index (χ4v) is 1.16. The van der Waals surface area contributed by atoms with E-state index in [-0.39, 0.29) is 11.2 Å². The molecule has 1 amide bonds. The van der Waals surface area contributed by atoms with Crippen molar-refractivity contribution in [2.45, 2.75) is 5.38 Å². The zero-order chi connectivity index (χ0) is 11.3. The van der Waals surface area contributed by atoms with Crippen molar-refractivity contribution in [2.24, 2.45) is 0 Å². The number of nitrogens with zero attached hydrogens (tertiary/aromatic N) is 2. The molecule has 0 bridgehead atoms. The number of carbonyl (C=O) groups is 1. The maximum Gasteiger partial charge on any atom is 0.410 e. The lowest BCUT2D eigenvalue weighted by molar-refractivity contribution is 0.197. The average molecular weight is 232 g/mol. The summed E-state index contributed by atoms with van der Waals surface area (Å²) in [5.74, 6) is 0.160. The van der Waals surface area contributed by atoms with Crippen molar-refractivity contribution in [1.29, 1.82) is 0 Å². The van der Waals surface area contributed by atoms with E-state index < -0.39 is 6.09 Å². The molecular weight excluding hydrogens is 222 g/mol. The van der Waals surface area contributed by atoms with Crippen molar-refractivity contribution < 1.29 is 14.6 Å². The van der Waals surface area contributed by atoms with Gasteiger partial charge in [0.05, 0.1) is 12.3 Å². The number of rotatable bonds is 4. The molecular formula is C8H10ClN3O3. The van der Waals surface area contributed by atoms with Gasteiger partial charge in [-0.2, -0.15) is 5.10 Å². The van der Waals surface area contributed by atoms with Gasteiger partial charge in [-0.3, -0.25) is 5.32 Å². The molecule has 7 heteroatoms. The van der Waals surface area contributed by atoms with Crippen LogP contribution in [0.3, 0.4) is 0 Å². The van der Waals surface area contributed by atoms with Crippen molar-refractivity contribution in [3.8, 4) is 0 Å². The highest BCUT2D eigenvalue weighted by molar-refractivity contribution is 6.20. The molecule has 2 N–H and O–H groups in total. The minimum atomic E-state index is -1.18. The van der Waals surface area contributed by atoms with Crippen LogP contribution in [0.4, 0.5) is 10.6 Å². The van der Waals surface area contributed by atoms with Gasteiger partial charge in [-0.25, -0.2) is 4.79 Å². The quantitative estimate of drug-likeness (QED) is 0.767. The second-order valence-electron chi connectivity index (χ2n) is 2.70. The molecule has 0 radical (unpaired) electrons. The van der Waals surface area contributed by atoms with E-state index >= 15 is 0 Å². The Morgan fingerprint density at radius 1 is 1.67 bits per heavy atom. The highest BCUT2D eigenvalue weighted by atomic mass is 35.5. The Morgan fingerprint density at radius 3 is 2.87 bits per heavy atom. The van der Waals surface area contributed by atoms with E-state index in [0.717, 1.165) is 0 Å². The molecule has 0 spiro atoms. The first-order valence-corrected chi connectivity index (χ1v) is 4.53. The third-order valence-corrected chi connectivity index (χ3v) is 1.90. The predicted octanol–water partition coefficient (Wildman–Crippen LogP) is 1.49. The van der Waals surface area contributed by atoms with Crippen LogP contribution in [0.5, 0.6) is 0 Å². The molecule has 0 saturated heterocycles. The van der Waals surface area contributed by atoms with Crippen molar-refractivity contribution in [1.82, 2.24) is 10.2 Å². The molecule has 1 aromatic rings. The summed E-state index contributed by atoms with van der Waals surface area (Å²) < 4.78 is 4.84. The van der Waals surface area contributed by atoms with Crippen molar-refractivity contribution in [3.63, 3.8) is 0 Å². The summed E-state index contributed by atoms with van der Waals surface area (Å²) in [5.41, 5.74) is 0.537. The van der Waals surface area contributed by atoms with Crippen LogP contribution in [0.25, 0.3) is 0 Å². The highest BCUT2D eigenvalue weighted by Crippen LogP contribution is 2.18. The van der Waals surface area contributed by atoms with Crippen LogP contribution in [-0.4, -0.2) is 35.1 Å². The summed E-state index contributed by atoms with van der Waals surface area (Å²) in [5, 5.41) is 17.5. The van der Waals surface area contributed by atoms with Gasteiger partial charge in [0.1, 0.15) is 5.38 Å². The maximum absolute atomic E-state index is 10.3. The summed E-state index contributed by atoms with van der Waals surface area (Å²) >= 11 is 5.90. The summed E-state index contributed by atoms with van der Waals surface area (Å²) in [6.07, 6.45) is -1.18. The van der Waals surface area contributed by atoms with E-state index in [1.54, 1.807) is 6.07 Å². The van der Waals surface area contributed by atoms with E-state index in [1.807, 2.05) is 0 Å². The van der Waals surface area contributed by atoms with Gasteiger partial charge in [-0.1, -0.05) is 0 Å². The van der Waals surface area contributed by atoms with Gasteiger partial charge < -0.3 is 9.84 Å². The molecule has 0 aliphatic rings. The molecule has 0 saturated carbocycles. The van der Waals surface area contributed by atoms with Gasteiger partial charge in [-0.15, -0.1) is 16.7 Å². The predicted molar refractivity (Wildman–Crippen MR) is 54.1 cm³/mol. The van der Waals surface area contributed by atoms with Gasteiger partial charge in [-0.05, 0) is 12.1 Å². The standard InChI is InChI=1S/C8H10ClN3O3/c1-15-4-5(9)6-2-3-7(12-11-6)10-8(13)14/h2-3,5H,4H2,1H3,(H,10,12)(H,13,14). The number of carboxylic acid groups (broad SMARTS) is 1. The zero-order valence-corrected chi connectivity index (χ0v) is 8.73. The largest absolute Gasteiger partial charge is 0.465 e.